The molecule has 6 heteroatoms. The Kier molecular flexibility index (Phi) is 3.35. The molecule has 0 aliphatic carbocycles. The molecule has 0 aliphatic heterocycles. The molecule has 0 unspecified atom stereocenters. The summed E-state index contributed by atoms with van der Waals surface area (Å²) in [5, 5.41) is 5.22. The Morgan fingerprint density at radius 1 is 1.38 bits per heavy atom. The molecule has 3 rings (SSSR count). The van der Waals surface area contributed by atoms with E-state index in [1.807, 2.05) is 24.4 Å². The molecular formula is C15H15N4O2. The molecular weight excluding hydrogens is 268 g/mol. The summed E-state index contributed by atoms with van der Waals surface area (Å²) in [7, 11) is 1.65. The van der Waals surface area contributed by atoms with Crippen molar-refractivity contribution in [3.63, 3.8) is 0 Å². The molecule has 0 aliphatic rings. The third-order valence-corrected chi connectivity index (χ3v) is 3.36. The highest BCUT2D eigenvalue weighted by molar-refractivity contribution is 5.90. The number of benzene rings is 1. The van der Waals surface area contributed by atoms with Gasteiger partial charge in [0.25, 0.3) is 5.91 Å². The summed E-state index contributed by atoms with van der Waals surface area (Å²) in [5.41, 5.74) is 6.42. The number of hydrogen-bond acceptors (Lipinski definition) is 3. The first-order chi connectivity index (χ1) is 10.2. The van der Waals surface area contributed by atoms with E-state index < -0.39 is 5.91 Å². The van der Waals surface area contributed by atoms with Crippen LogP contribution in [0.25, 0.3) is 10.9 Å². The Bertz CT molecular complexity index is 788. The van der Waals surface area contributed by atoms with Crippen molar-refractivity contribution in [3.8, 4) is 5.75 Å². The van der Waals surface area contributed by atoms with Crippen molar-refractivity contribution in [1.29, 1.82) is 0 Å². The highest BCUT2D eigenvalue weighted by Crippen LogP contribution is 2.21. The lowest BCUT2D eigenvalue weighted by Gasteiger charge is -2.07. The van der Waals surface area contributed by atoms with Gasteiger partial charge in [0.05, 0.1) is 19.2 Å². The summed E-state index contributed by atoms with van der Waals surface area (Å²) in [6, 6.07) is 10.8. The molecule has 1 amide bonds. The lowest BCUT2D eigenvalue weighted by molar-refractivity contribution is 0.0994. The molecule has 0 saturated carbocycles. The van der Waals surface area contributed by atoms with Crippen LogP contribution in [-0.4, -0.2) is 27.4 Å². The molecule has 0 spiro atoms. The molecule has 1 aromatic carbocycles. The average molecular weight is 283 g/mol. The molecule has 2 heterocycles. The molecule has 2 N–H and O–H groups in total. The Labute approximate surface area is 121 Å². The number of aryl methyl sites for hydroxylation is 2. The summed E-state index contributed by atoms with van der Waals surface area (Å²) < 4.78 is 9.03. The molecule has 0 bridgehead atoms. The second-order valence-electron chi connectivity index (χ2n) is 4.68. The number of nitrogens with zero attached hydrogens (tertiary/aromatic N) is 3. The lowest BCUT2D eigenvalue weighted by Crippen LogP contribution is -2.13. The quantitative estimate of drug-likeness (QED) is 0.770. The minimum Gasteiger partial charge on any atom is -0.497 e. The molecule has 3 aromatic rings. The molecule has 2 aromatic heterocycles. The minimum absolute atomic E-state index is 0.161. The van der Waals surface area contributed by atoms with Gasteiger partial charge in [0.15, 0.2) is 5.69 Å². The van der Waals surface area contributed by atoms with Gasteiger partial charge in [0, 0.05) is 31.1 Å². The first kappa shape index (κ1) is 13.2. The zero-order chi connectivity index (χ0) is 14.8. The Morgan fingerprint density at radius 2 is 2.24 bits per heavy atom. The predicted molar refractivity (Wildman–Crippen MR) is 78.1 cm³/mol. The number of nitrogens with two attached hydrogens (primary N) is 1. The third kappa shape index (κ3) is 2.60. The fourth-order valence-corrected chi connectivity index (χ4v) is 2.25. The molecule has 107 valence electrons. The van der Waals surface area contributed by atoms with E-state index in [1.165, 1.54) is 0 Å². The molecule has 0 fully saturated rings. The summed E-state index contributed by atoms with van der Waals surface area (Å²) in [4.78, 5) is 11.0. The van der Waals surface area contributed by atoms with E-state index in [-0.39, 0.29) is 5.69 Å². The van der Waals surface area contributed by atoms with Crippen LogP contribution in [0.1, 0.15) is 10.5 Å². The fourth-order valence-electron chi connectivity index (χ4n) is 2.25. The van der Waals surface area contributed by atoms with Crippen LogP contribution in [0, 0.1) is 6.07 Å². The van der Waals surface area contributed by atoms with Crippen LogP contribution in [0.2, 0.25) is 0 Å². The van der Waals surface area contributed by atoms with E-state index >= 15 is 0 Å². The van der Waals surface area contributed by atoms with E-state index in [0.717, 1.165) is 23.2 Å². The van der Waals surface area contributed by atoms with Gasteiger partial charge in [0.1, 0.15) is 5.75 Å². The maximum absolute atomic E-state index is 11.0. The van der Waals surface area contributed by atoms with Gasteiger partial charge in [-0.15, -0.1) is 0 Å². The highest BCUT2D eigenvalue weighted by atomic mass is 16.5. The first-order valence-corrected chi connectivity index (χ1v) is 6.55. The monoisotopic (exact) mass is 283 g/mol. The second-order valence-corrected chi connectivity index (χ2v) is 4.68. The molecule has 0 atom stereocenters. The zero-order valence-corrected chi connectivity index (χ0v) is 11.6. The van der Waals surface area contributed by atoms with Crippen molar-refractivity contribution < 1.29 is 9.53 Å². The van der Waals surface area contributed by atoms with Crippen LogP contribution >= 0.6 is 0 Å². The standard InChI is InChI=1S/C15H15N4O2/c1-21-12-3-2-11-4-6-18(14(11)10-12)8-9-19-7-5-13(17-19)15(16)20/h2-4,6-7,10H,8-9H2,1H3,(H2,16,20). The Balaban J connectivity index is 1.79. The van der Waals surface area contributed by atoms with E-state index in [0.29, 0.717) is 6.54 Å². The fraction of sp³-hybridized carbons (Fsp3) is 0.200. The largest absolute Gasteiger partial charge is 0.497 e. The van der Waals surface area contributed by atoms with Crippen molar-refractivity contribution in [1.82, 2.24) is 14.3 Å². The normalized spacial score (nSPS) is 10.9. The van der Waals surface area contributed by atoms with Crippen molar-refractivity contribution >= 4 is 16.8 Å². The van der Waals surface area contributed by atoms with Crippen LogP contribution in [0.5, 0.6) is 5.75 Å². The highest BCUT2D eigenvalue weighted by Gasteiger charge is 2.06. The van der Waals surface area contributed by atoms with E-state index in [2.05, 4.69) is 21.8 Å². The Morgan fingerprint density at radius 3 is 2.95 bits per heavy atom. The summed E-state index contributed by atoms with van der Waals surface area (Å²) in [6.45, 7) is 1.36. The second kappa shape index (κ2) is 5.32. The maximum atomic E-state index is 11.0. The van der Waals surface area contributed by atoms with Gasteiger partial charge < -0.3 is 15.0 Å². The first-order valence-electron chi connectivity index (χ1n) is 6.55. The smallest absolute Gasteiger partial charge is 0.269 e. The molecule has 0 saturated heterocycles. The number of amides is 1. The van der Waals surface area contributed by atoms with Gasteiger partial charge in [-0.2, -0.15) is 5.10 Å². The number of fused-ring (bicyclic) bond motifs is 1. The topological polar surface area (TPSA) is 75.1 Å². The number of carbonyl (C=O) groups is 1. The number of ether oxygens (including phenoxy) is 1. The number of rotatable bonds is 5. The number of hydrogen-bond donors (Lipinski definition) is 1. The van der Waals surface area contributed by atoms with Crippen LogP contribution in [0.15, 0.2) is 36.7 Å². The number of primary amides is 1. The van der Waals surface area contributed by atoms with Crippen molar-refractivity contribution in [2.45, 2.75) is 13.1 Å². The van der Waals surface area contributed by atoms with E-state index in [4.69, 9.17) is 10.5 Å². The van der Waals surface area contributed by atoms with Crippen molar-refractivity contribution in [2.24, 2.45) is 5.73 Å². The number of carbonyl (C=O) groups excluding carboxylic acids is 1. The Hall–Kier alpha value is -2.76. The number of methoxy groups -OCH3 is 1. The molecule has 1 radical (unpaired) electrons. The van der Waals surface area contributed by atoms with Crippen LogP contribution in [0.3, 0.4) is 0 Å². The maximum Gasteiger partial charge on any atom is 0.269 e. The van der Waals surface area contributed by atoms with Gasteiger partial charge in [-0.3, -0.25) is 9.48 Å². The average Bonchev–Trinajstić information content (AvgIpc) is 3.11. The third-order valence-electron chi connectivity index (χ3n) is 3.36. The van der Waals surface area contributed by atoms with Crippen molar-refractivity contribution in [2.75, 3.05) is 7.11 Å². The molecule has 21 heavy (non-hydrogen) atoms. The van der Waals surface area contributed by atoms with Gasteiger partial charge in [0.2, 0.25) is 0 Å². The summed E-state index contributed by atoms with van der Waals surface area (Å²) in [6.07, 6.45) is 3.65. The van der Waals surface area contributed by atoms with E-state index in [1.54, 1.807) is 18.0 Å². The lowest BCUT2D eigenvalue weighted by atomic mass is 10.2. The van der Waals surface area contributed by atoms with Gasteiger partial charge in [-0.1, -0.05) is 0 Å². The predicted octanol–water partition coefficient (Wildman–Crippen LogP) is 1.45. The zero-order valence-electron chi connectivity index (χ0n) is 11.6. The summed E-state index contributed by atoms with van der Waals surface area (Å²) in [5.74, 6) is 0.260. The number of aromatic nitrogens is 3. The van der Waals surface area contributed by atoms with Gasteiger partial charge in [-0.25, -0.2) is 0 Å². The van der Waals surface area contributed by atoms with Crippen LogP contribution < -0.4 is 10.5 Å². The van der Waals surface area contributed by atoms with Crippen molar-refractivity contribution in [3.05, 3.63) is 48.4 Å². The van der Waals surface area contributed by atoms with Gasteiger partial charge >= 0.3 is 0 Å². The molecule has 6 nitrogen and oxygen atoms in total. The van der Waals surface area contributed by atoms with E-state index in [9.17, 15) is 4.79 Å². The van der Waals surface area contributed by atoms with Crippen LogP contribution in [-0.2, 0) is 13.1 Å². The van der Waals surface area contributed by atoms with Crippen LogP contribution in [0.4, 0.5) is 0 Å². The minimum atomic E-state index is -0.565. The summed E-state index contributed by atoms with van der Waals surface area (Å²) >= 11 is 0. The SMILES string of the molecule is COc1ccc2ccn(CCn3c[c]c(C(N)=O)n3)c2c1. The van der Waals surface area contributed by atoms with Gasteiger partial charge in [-0.05, 0) is 23.6 Å².